The summed E-state index contributed by atoms with van der Waals surface area (Å²) in [6.07, 6.45) is 9.09. The molecular formula is C17H27N5O. The van der Waals surface area contributed by atoms with Crippen molar-refractivity contribution in [1.82, 2.24) is 19.8 Å². The van der Waals surface area contributed by atoms with Crippen LogP contribution in [0.5, 0.6) is 0 Å². The first kappa shape index (κ1) is 17.4. The van der Waals surface area contributed by atoms with Crippen molar-refractivity contribution in [1.29, 1.82) is 0 Å². The van der Waals surface area contributed by atoms with E-state index in [1.54, 1.807) is 24.5 Å². The van der Waals surface area contributed by atoms with Gasteiger partial charge in [-0.3, -0.25) is 4.79 Å². The lowest BCUT2D eigenvalue weighted by molar-refractivity contribution is -0.125. The number of rotatable bonds is 5. The lowest BCUT2D eigenvalue weighted by atomic mass is 10.3. The Labute approximate surface area is 138 Å². The van der Waals surface area contributed by atoms with E-state index in [0.29, 0.717) is 5.95 Å². The predicted molar refractivity (Wildman–Crippen MR) is 93.3 cm³/mol. The third-order valence-electron chi connectivity index (χ3n) is 3.92. The van der Waals surface area contributed by atoms with Crippen molar-refractivity contribution in [3.05, 3.63) is 24.0 Å². The molecule has 0 spiro atoms. The van der Waals surface area contributed by atoms with E-state index in [1.165, 1.54) is 0 Å². The van der Waals surface area contributed by atoms with E-state index in [0.717, 1.165) is 51.1 Å². The lowest BCUT2D eigenvalue weighted by Gasteiger charge is -2.20. The maximum Gasteiger partial charge on any atom is 0.246 e. The molecule has 1 aliphatic heterocycles. The first-order chi connectivity index (χ1) is 11.1. The second-order valence-electron chi connectivity index (χ2n) is 6.06. The van der Waals surface area contributed by atoms with Crippen molar-refractivity contribution in [2.24, 2.45) is 0 Å². The van der Waals surface area contributed by atoms with Gasteiger partial charge in [0, 0.05) is 57.8 Å². The van der Waals surface area contributed by atoms with Crippen molar-refractivity contribution in [3.63, 3.8) is 0 Å². The topological polar surface area (TPSA) is 52.6 Å². The Kier molecular flexibility index (Phi) is 6.52. The molecule has 1 amide bonds. The quantitative estimate of drug-likeness (QED) is 0.770. The average molecular weight is 317 g/mol. The maximum atomic E-state index is 12.3. The van der Waals surface area contributed by atoms with Gasteiger partial charge in [0.25, 0.3) is 0 Å². The maximum absolute atomic E-state index is 12.3. The summed E-state index contributed by atoms with van der Waals surface area (Å²) in [7, 11) is 3.80. The van der Waals surface area contributed by atoms with Crippen molar-refractivity contribution in [2.45, 2.75) is 19.8 Å². The second-order valence-corrected chi connectivity index (χ2v) is 6.06. The molecule has 1 aromatic rings. The fraction of sp³-hybridized carbons (Fsp3) is 0.588. The van der Waals surface area contributed by atoms with Crippen molar-refractivity contribution in [2.75, 3.05) is 51.7 Å². The fourth-order valence-electron chi connectivity index (χ4n) is 2.65. The van der Waals surface area contributed by atoms with Gasteiger partial charge in [0.2, 0.25) is 11.9 Å². The van der Waals surface area contributed by atoms with Crippen LogP contribution in [0, 0.1) is 0 Å². The molecule has 2 rings (SSSR count). The first-order valence-electron chi connectivity index (χ1n) is 8.29. The lowest BCUT2D eigenvalue weighted by Crippen LogP contribution is -2.34. The van der Waals surface area contributed by atoms with Gasteiger partial charge in [-0.15, -0.1) is 0 Å². The molecule has 0 aliphatic carbocycles. The highest BCUT2D eigenvalue weighted by Gasteiger charge is 2.16. The monoisotopic (exact) mass is 317 g/mol. The van der Waals surface area contributed by atoms with Crippen LogP contribution in [0.4, 0.5) is 5.95 Å². The largest absolute Gasteiger partial charge is 0.347 e. The molecule has 0 radical (unpaired) electrons. The smallest absolute Gasteiger partial charge is 0.246 e. The van der Waals surface area contributed by atoms with Crippen LogP contribution in [-0.2, 0) is 4.79 Å². The second kappa shape index (κ2) is 8.62. The van der Waals surface area contributed by atoms with Crippen LogP contribution in [0.3, 0.4) is 0 Å². The van der Waals surface area contributed by atoms with Crippen LogP contribution >= 0.6 is 0 Å². The van der Waals surface area contributed by atoms with Gasteiger partial charge in [-0.05, 0) is 32.0 Å². The number of nitrogens with zero attached hydrogens (tertiary/aromatic N) is 5. The number of aromatic nitrogens is 2. The van der Waals surface area contributed by atoms with E-state index in [2.05, 4.69) is 21.8 Å². The Morgan fingerprint density at radius 3 is 2.61 bits per heavy atom. The molecule has 1 saturated heterocycles. The number of amides is 1. The minimum absolute atomic E-state index is 0.0695. The Morgan fingerprint density at radius 1 is 1.22 bits per heavy atom. The standard InChI is InChI=1S/C17H27N5O/c1-4-8-21-9-5-10-22(12-11-21)16(23)7-6-15-13-18-17(19-14-15)20(2)3/h6-7,13-14H,4-5,8-12H2,1-3H3/b7-6+. The van der Waals surface area contributed by atoms with E-state index < -0.39 is 0 Å². The van der Waals surface area contributed by atoms with Crippen LogP contribution < -0.4 is 4.90 Å². The molecular weight excluding hydrogens is 290 g/mol. The molecule has 0 aromatic carbocycles. The third kappa shape index (κ3) is 5.32. The van der Waals surface area contributed by atoms with Crippen LogP contribution in [0.25, 0.3) is 6.08 Å². The number of carbonyl (C=O) groups is 1. The molecule has 126 valence electrons. The summed E-state index contributed by atoms with van der Waals surface area (Å²) in [5.74, 6) is 0.733. The number of carbonyl (C=O) groups excluding carboxylic acids is 1. The molecule has 0 unspecified atom stereocenters. The summed E-state index contributed by atoms with van der Waals surface area (Å²) in [6, 6.07) is 0. The van der Waals surface area contributed by atoms with Crippen LogP contribution in [0.1, 0.15) is 25.3 Å². The Bertz CT molecular complexity index is 526. The predicted octanol–water partition coefficient (Wildman–Crippen LogP) is 1.50. The van der Waals surface area contributed by atoms with E-state index in [1.807, 2.05) is 23.9 Å². The summed E-state index contributed by atoms with van der Waals surface area (Å²) >= 11 is 0. The summed E-state index contributed by atoms with van der Waals surface area (Å²) in [5, 5.41) is 0. The van der Waals surface area contributed by atoms with Crippen molar-refractivity contribution in [3.8, 4) is 0 Å². The summed E-state index contributed by atoms with van der Waals surface area (Å²) in [5.41, 5.74) is 0.839. The molecule has 23 heavy (non-hydrogen) atoms. The highest BCUT2D eigenvalue weighted by Crippen LogP contribution is 2.07. The van der Waals surface area contributed by atoms with Gasteiger partial charge < -0.3 is 14.7 Å². The molecule has 1 aliphatic rings. The fourth-order valence-corrected chi connectivity index (χ4v) is 2.65. The molecule has 0 saturated carbocycles. The van der Waals surface area contributed by atoms with E-state index in [4.69, 9.17) is 0 Å². The van der Waals surface area contributed by atoms with Gasteiger partial charge >= 0.3 is 0 Å². The zero-order valence-corrected chi connectivity index (χ0v) is 14.4. The minimum Gasteiger partial charge on any atom is -0.347 e. The number of hydrogen-bond donors (Lipinski definition) is 0. The Balaban J connectivity index is 1.90. The van der Waals surface area contributed by atoms with Gasteiger partial charge in [0.15, 0.2) is 0 Å². The summed E-state index contributed by atoms with van der Waals surface area (Å²) < 4.78 is 0. The molecule has 0 bridgehead atoms. The highest BCUT2D eigenvalue weighted by atomic mass is 16.2. The molecule has 1 aromatic heterocycles. The van der Waals surface area contributed by atoms with Crippen LogP contribution in [0.15, 0.2) is 18.5 Å². The van der Waals surface area contributed by atoms with E-state index >= 15 is 0 Å². The van der Waals surface area contributed by atoms with Crippen LogP contribution in [0.2, 0.25) is 0 Å². The van der Waals surface area contributed by atoms with Crippen molar-refractivity contribution < 1.29 is 4.79 Å². The Hall–Kier alpha value is -1.95. The molecule has 0 N–H and O–H groups in total. The Morgan fingerprint density at radius 2 is 1.96 bits per heavy atom. The van der Waals surface area contributed by atoms with E-state index in [-0.39, 0.29) is 5.91 Å². The molecule has 0 atom stereocenters. The zero-order valence-electron chi connectivity index (χ0n) is 14.4. The van der Waals surface area contributed by atoms with E-state index in [9.17, 15) is 4.79 Å². The highest BCUT2D eigenvalue weighted by molar-refractivity contribution is 5.91. The third-order valence-corrected chi connectivity index (χ3v) is 3.92. The minimum atomic E-state index is 0.0695. The van der Waals surface area contributed by atoms with Gasteiger partial charge in [-0.2, -0.15) is 0 Å². The molecule has 1 fully saturated rings. The number of anilines is 1. The zero-order chi connectivity index (χ0) is 16.7. The SMILES string of the molecule is CCCN1CCCN(C(=O)/C=C/c2cnc(N(C)C)nc2)CC1. The van der Waals surface area contributed by atoms with Gasteiger partial charge in [-0.1, -0.05) is 6.92 Å². The van der Waals surface area contributed by atoms with Crippen LogP contribution in [-0.4, -0.2) is 72.5 Å². The summed E-state index contributed by atoms with van der Waals surface area (Å²) in [6.45, 7) is 7.00. The van der Waals surface area contributed by atoms with Crippen molar-refractivity contribution >= 4 is 17.9 Å². The first-order valence-corrected chi connectivity index (χ1v) is 8.29. The molecule has 2 heterocycles. The van der Waals surface area contributed by atoms with Gasteiger partial charge in [0.1, 0.15) is 0 Å². The normalized spacial score (nSPS) is 16.6. The summed E-state index contributed by atoms with van der Waals surface area (Å²) in [4.78, 5) is 27.0. The van der Waals surface area contributed by atoms with Gasteiger partial charge in [0.05, 0.1) is 0 Å². The molecule has 6 nitrogen and oxygen atoms in total. The number of hydrogen-bond acceptors (Lipinski definition) is 5. The molecule has 6 heteroatoms. The van der Waals surface area contributed by atoms with Gasteiger partial charge in [-0.25, -0.2) is 9.97 Å². The average Bonchev–Trinajstić information content (AvgIpc) is 2.79.